The summed E-state index contributed by atoms with van der Waals surface area (Å²) < 4.78 is 23.5. The first-order valence-corrected chi connectivity index (χ1v) is 9.55. The van der Waals surface area contributed by atoms with Gasteiger partial charge in [-0.25, -0.2) is 13.4 Å². The fourth-order valence-electron chi connectivity index (χ4n) is 2.32. The zero-order valence-corrected chi connectivity index (χ0v) is 14.9. The Kier molecular flexibility index (Phi) is 5.09. The molecule has 1 N–H and O–H groups in total. The van der Waals surface area contributed by atoms with Crippen molar-refractivity contribution < 1.29 is 8.42 Å². The molecular formula is C18H24N2O2S. The van der Waals surface area contributed by atoms with Gasteiger partial charge in [0.1, 0.15) is 10.7 Å². The third-order valence-corrected chi connectivity index (χ3v) is 4.82. The van der Waals surface area contributed by atoms with Crippen molar-refractivity contribution in [2.24, 2.45) is 0 Å². The second kappa shape index (κ2) is 6.71. The number of rotatable bonds is 5. The summed E-state index contributed by atoms with van der Waals surface area (Å²) in [6.45, 7) is 7.21. The quantitative estimate of drug-likeness (QED) is 0.911. The van der Waals surface area contributed by atoms with Crippen molar-refractivity contribution in [3.05, 3.63) is 53.7 Å². The fraction of sp³-hybridized carbons (Fsp3) is 0.389. The lowest BCUT2D eigenvalue weighted by molar-refractivity contribution is 0.590. The maximum absolute atomic E-state index is 11.7. The van der Waals surface area contributed by atoms with Gasteiger partial charge in [-0.05, 0) is 35.1 Å². The minimum Gasteiger partial charge on any atom is -0.369 e. The van der Waals surface area contributed by atoms with Crippen LogP contribution in [-0.2, 0) is 21.7 Å². The topological polar surface area (TPSA) is 59.1 Å². The molecule has 0 aliphatic rings. The largest absolute Gasteiger partial charge is 0.369 e. The van der Waals surface area contributed by atoms with Crippen molar-refractivity contribution in [1.29, 1.82) is 0 Å². The van der Waals surface area contributed by atoms with Gasteiger partial charge in [0.05, 0.1) is 0 Å². The van der Waals surface area contributed by atoms with E-state index in [0.717, 1.165) is 6.42 Å². The third kappa shape index (κ3) is 4.79. The van der Waals surface area contributed by atoms with Gasteiger partial charge in [0.15, 0.2) is 9.84 Å². The third-order valence-electron chi connectivity index (χ3n) is 3.70. The highest BCUT2D eigenvalue weighted by molar-refractivity contribution is 7.90. The van der Waals surface area contributed by atoms with Crippen molar-refractivity contribution in [2.75, 3.05) is 18.1 Å². The number of nitrogens with one attached hydrogen (secondary N) is 1. The van der Waals surface area contributed by atoms with Gasteiger partial charge in [-0.15, -0.1) is 0 Å². The molecule has 23 heavy (non-hydrogen) atoms. The number of aromatic nitrogens is 1. The molecule has 0 aliphatic heterocycles. The SMILES string of the molecule is CC(C)(C)c1ccc(CCNc2ncccc2S(C)(=O)=O)cc1. The van der Waals surface area contributed by atoms with Crippen LogP contribution in [0.2, 0.25) is 0 Å². The Morgan fingerprint density at radius 3 is 2.30 bits per heavy atom. The molecule has 0 radical (unpaired) electrons. The number of anilines is 1. The van der Waals surface area contributed by atoms with Crippen LogP contribution in [0.15, 0.2) is 47.5 Å². The summed E-state index contributed by atoms with van der Waals surface area (Å²) in [6, 6.07) is 11.8. The van der Waals surface area contributed by atoms with E-state index in [1.165, 1.54) is 17.4 Å². The molecule has 0 saturated heterocycles. The van der Waals surface area contributed by atoms with Crippen LogP contribution < -0.4 is 5.32 Å². The van der Waals surface area contributed by atoms with E-state index in [1.807, 2.05) is 0 Å². The standard InChI is InChI=1S/C18H24N2O2S/c1-18(2,3)15-9-7-14(8-10-15)11-13-20-17-16(23(4,21)22)6-5-12-19-17/h5-10,12H,11,13H2,1-4H3,(H,19,20). The predicted octanol–water partition coefficient (Wildman–Crippen LogP) is 3.44. The molecule has 0 unspecified atom stereocenters. The molecule has 5 heteroatoms. The molecule has 0 aliphatic carbocycles. The van der Waals surface area contributed by atoms with E-state index in [4.69, 9.17) is 0 Å². The van der Waals surface area contributed by atoms with Crippen molar-refractivity contribution in [1.82, 2.24) is 4.98 Å². The molecule has 0 amide bonds. The number of pyridine rings is 1. The highest BCUT2D eigenvalue weighted by atomic mass is 32.2. The maximum Gasteiger partial charge on any atom is 0.179 e. The lowest BCUT2D eigenvalue weighted by Gasteiger charge is -2.19. The van der Waals surface area contributed by atoms with Crippen molar-refractivity contribution >= 4 is 15.7 Å². The fourth-order valence-corrected chi connectivity index (χ4v) is 3.12. The molecule has 2 rings (SSSR count). The first-order chi connectivity index (χ1) is 10.7. The summed E-state index contributed by atoms with van der Waals surface area (Å²) in [5, 5.41) is 3.12. The molecule has 1 heterocycles. The highest BCUT2D eigenvalue weighted by Gasteiger charge is 2.14. The lowest BCUT2D eigenvalue weighted by atomic mass is 9.86. The van der Waals surface area contributed by atoms with Crippen molar-refractivity contribution in [3.8, 4) is 0 Å². The van der Waals surface area contributed by atoms with Crippen LogP contribution >= 0.6 is 0 Å². The lowest BCUT2D eigenvalue weighted by Crippen LogP contribution is -2.12. The van der Waals surface area contributed by atoms with E-state index in [-0.39, 0.29) is 10.3 Å². The number of nitrogens with zero attached hydrogens (tertiary/aromatic N) is 1. The minimum absolute atomic E-state index is 0.148. The number of hydrogen-bond donors (Lipinski definition) is 1. The van der Waals surface area contributed by atoms with Gasteiger partial charge in [0.25, 0.3) is 0 Å². The monoisotopic (exact) mass is 332 g/mol. The van der Waals surface area contributed by atoms with Crippen LogP contribution in [0.5, 0.6) is 0 Å². The van der Waals surface area contributed by atoms with Gasteiger partial charge >= 0.3 is 0 Å². The molecule has 1 aromatic heterocycles. The van der Waals surface area contributed by atoms with Crippen LogP contribution in [-0.4, -0.2) is 26.2 Å². The van der Waals surface area contributed by atoms with Crippen LogP contribution in [0, 0.1) is 0 Å². The molecule has 124 valence electrons. The second-order valence-electron chi connectivity index (χ2n) is 6.75. The Morgan fingerprint density at radius 1 is 1.09 bits per heavy atom. The van der Waals surface area contributed by atoms with Gasteiger partial charge in [-0.2, -0.15) is 0 Å². The van der Waals surface area contributed by atoms with E-state index in [1.54, 1.807) is 18.3 Å². The summed E-state index contributed by atoms with van der Waals surface area (Å²) in [5.74, 6) is 0.418. The Hall–Kier alpha value is -1.88. The minimum atomic E-state index is -3.28. The van der Waals surface area contributed by atoms with Gasteiger partial charge in [0, 0.05) is 19.0 Å². The maximum atomic E-state index is 11.7. The van der Waals surface area contributed by atoms with Gasteiger partial charge in [-0.3, -0.25) is 0 Å². The van der Waals surface area contributed by atoms with Crippen LogP contribution in [0.1, 0.15) is 31.9 Å². The molecular weight excluding hydrogens is 308 g/mol. The molecule has 0 spiro atoms. The first-order valence-electron chi connectivity index (χ1n) is 7.66. The normalized spacial score (nSPS) is 12.2. The van der Waals surface area contributed by atoms with Crippen molar-refractivity contribution in [3.63, 3.8) is 0 Å². The molecule has 0 atom stereocenters. The number of hydrogen-bond acceptors (Lipinski definition) is 4. The van der Waals surface area contributed by atoms with Crippen LogP contribution in [0.4, 0.5) is 5.82 Å². The summed E-state index contributed by atoms with van der Waals surface area (Å²) >= 11 is 0. The molecule has 2 aromatic rings. The number of benzene rings is 1. The highest BCUT2D eigenvalue weighted by Crippen LogP contribution is 2.22. The molecule has 0 fully saturated rings. The van der Waals surface area contributed by atoms with E-state index < -0.39 is 9.84 Å². The smallest absolute Gasteiger partial charge is 0.179 e. The Labute approximate surface area is 138 Å². The molecule has 1 aromatic carbocycles. The zero-order valence-electron chi connectivity index (χ0n) is 14.1. The summed E-state index contributed by atoms with van der Waals surface area (Å²) in [7, 11) is -3.28. The average molecular weight is 332 g/mol. The first kappa shape index (κ1) is 17.5. The van der Waals surface area contributed by atoms with Crippen LogP contribution in [0.25, 0.3) is 0 Å². The second-order valence-corrected chi connectivity index (χ2v) is 8.73. The number of sulfone groups is 1. The van der Waals surface area contributed by atoms with Crippen molar-refractivity contribution in [2.45, 2.75) is 37.5 Å². The Balaban J connectivity index is 2.01. The summed E-state index contributed by atoms with van der Waals surface area (Å²) in [6.07, 6.45) is 3.60. The van der Waals surface area contributed by atoms with E-state index in [9.17, 15) is 8.42 Å². The summed E-state index contributed by atoms with van der Waals surface area (Å²) in [4.78, 5) is 4.37. The molecule has 0 saturated carbocycles. The molecule has 4 nitrogen and oxygen atoms in total. The van der Waals surface area contributed by atoms with E-state index in [0.29, 0.717) is 12.4 Å². The van der Waals surface area contributed by atoms with Gasteiger partial charge in [-0.1, -0.05) is 45.0 Å². The zero-order chi connectivity index (χ0) is 17.1. The van der Waals surface area contributed by atoms with Gasteiger partial charge < -0.3 is 5.32 Å². The predicted molar refractivity (Wildman–Crippen MR) is 94.7 cm³/mol. The Morgan fingerprint density at radius 2 is 1.74 bits per heavy atom. The van der Waals surface area contributed by atoms with Gasteiger partial charge in [0.2, 0.25) is 0 Å². The van der Waals surface area contributed by atoms with Crippen LogP contribution in [0.3, 0.4) is 0 Å². The average Bonchev–Trinajstić information content (AvgIpc) is 2.46. The van der Waals surface area contributed by atoms with E-state index in [2.05, 4.69) is 55.3 Å². The Bertz CT molecular complexity index is 760. The molecule has 0 bridgehead atoms. The summed E-state index contributed by atoms with van der Waals surface area (Å²) in [5.41, 5.74) is 2.66. The van der Waals surface area contributed by atoms with E-state index >= 15 is 0 Å².